The van der Waals surface area contributed by atoms with Gasteiger partial charge in [-0.3, -0.25) is 0 Å². The SMILES string of the molecule is CC(Nc1cc(Br)nc(C2CC2)n1)c1ccc(F)cc1. The van der Waals surface area contributed by atoms with Gasteiger partial charge in [-0.1, -0.05) is 12.1 Å². The first-order valence-corrected chi connectivity index (χ1v) is 7.47. The Morgan fingerprint density at radius 3 is 2.60 bits per heavy atom. The van der Waals surface area contributed by atoms with Gasteiger partial charge < -0.3 is 5.32 Å². The Morgan fingerprint density at radius 2 is 1.95 bits per heavy atom. The fourth-order valence-corrected chi connectivity index (χ4v) is 2.49. The van der Waals surface area contributed by atoms with E-state index < -0.39 is 0 Å². The van der Waals surface area contributed by atoms with Crippen LogP contribution in [0.3, 0.4) is 0 Å². The summed E-state index contributed by atoms with van der Waals surface area (Å²) in [5.74, 6) is 1.98. The third-order valence-corrected chi connectivity index (χ3v) is 3.80. The molecule has 2 aromatic rings. The molecule has 0 amide bonds. The molecule has 1 aromatic heterocycles. The van der Waals surface area contributed by atoms with Crippen LogP contribution in [0.1, 0.15) is 43.1 Å². The highest BCUT2D eigenvalue weighted by atomic mass is 79.9. The Hall–Kier alpha value is -1.49. The number of nitrogens with zero attached hydrogens (tertiary/aromatic N) is 2. The van der Waals surface area contributed by atoms with Crippen molar-refractivity contribution < 1.29 is 4.39 Å². The average molecular weight is 336 g/mol. The van der Waals surface area contributed by atoms with E-state index in [4.69, 9.17) is 0 Å². The molecule has 1 N–H and O–H groups in total. The molecule has 0 saturated heterocycles. The second-order valence-electron chi connectivity index (χ2n) is 5.13. The van der Waals surface area contributed by atoms with E-state index in [0.717, 1.165) is 21.8 Å². The summed E-state index contributed by atoms with van der Waals surface area (Å²) in [7, 11) is 0. The Balaban J connectivity index is 1.78. The second-order valence-corrected chi connectivity index (χ2v) is 5.94. The van der Waals surface area contributed by atoms with Gasteiger partial charge in [-0.2, -0.15) is 0 Å². The number of benzene rings is 1. The molecule has 0 aliphatic heterocycles. The summed E-state index contributed by atoms with van der Waals surface area (Å²) in [6.07, 6.45) is 2.34. The molecule has 1 saturated carbocycles. The van der Waals surface area contributed by atoms with Gasteiger partial charge in [0.25, 0.3) is 0 Å². The van der Waals surface area contributed by atoms with Crippen molar-refractivity contribution in [2.75, 3.05) is 5.32 Å². The highest BCUT2D eigenvalue weighted by Crippen LogP contribution is 2.39. The second kappa shape index (κ2) is 5.48. The molecule has 5 heteroatoms. The first kappa shape index (κ1) is 13.5. The largest absolute Gasteiger partial charge is 0.363 e. The van der Waals surface area contributed by atoms with Crippen molar-refractivity contribution in [3.05, 3.63) is 52.1 Å². The first-order valence-electron chi connectivity index (χ1n) is 6.68. The summed E-state index contributed by atoms with van der Waals surface area (Å²) in [5, 5.41) is 3.34. The quantitative estimate of drug-likeness (QED) is 0.840. The molecule has 1 aliphatic rings. The lowest BCUT2D eigenvalue weighted by molar-refractivity contribution is 0.626. The molecular formula is C15H15BrFN3. The van der Waals surface area contributed by atoms with Crippen LogP contribution in [0.25, 0.3) is 0 Å². The maximum absolute atomic E-state index is 12.9. The summed E-state index contributed by atoms with van der Waals surface area (Å²) >= 11 is 3.42. The monoisotopic (exact) mass is 335 g/mol. The van der Waals surface area contributed by atoms with Gasteiger partial charge in [-0.15, -0.1) is 0 Å². The van der Waals surface area contributed by atoms with Crippen LogP contribution in [0.4, 0.5) is 10.2 Å². The van der Waals surface area contributed by atoms with Crippen molar-refractivity contribution in [3.63, 3.8) is 0 Å². The van der Waals surface area contributed by atoms with Crippen LogP contribution in [-0.4, -0.2) is 9.97 Å². The van der Waals surface area contributed by atoms with Crippen LogP contribution in [0.15, 0.2) is 34.9 Å². The minimum atomic E-state index is -0.221. The molecule has 104 valence electrons. The Kier molecular flexibility index (Phi) is 3.70. The average Bonchev–Trinajstić information content (AvgIpc) is 3.23. The number of hydrogen-bond acceptors (Lipinski definition) is 3. The van der Waals surface area contributed by atoms with E-state index >= 15 is 0 Å². The maximum Gasteiger partial charge on any atom is 0.135 e. The van der Waals surface area contributed by atoms with E-state index in [0.29, 0.717) is 5.92 Å². The van der Waals surface area contributed by atoms with Crippen LogP contribution in [0, 0.1) is 5.82 Å². The van der Waals surface area contributed by atoms with Crippen molar-refractivity contribution in [1.82, 2.24) is 9.97 Å². The van der Waals surface area contributed by atoms with Crippen molar-refractivity contribution in [1.29, 1.82) is 0 Å². The summed E-state index contributed by atoms with van der Waals surface area (Å²) in [4.78, 5) is 8.96. The summed E-state index contributed by atoms with van der Waals surface area (Å²) in [6.45, 7) is 2.03. The summed E-state index contributed by atoms with van der Waals surface area (Å²) < 4.78 is 13.7. The zero-order chi connectivity index (χ0) is 14.1. The van der Waals surface area contributed by atoms with E-state index in [9.17, 15) is 4.39 Å². The molecular weight excluding hydrogens is 321 g/mol. The van der Waals surface area contributed by atoms with Crippen LogP contribution in [0.2, 0.25) is 0 Å². The smallest absolute Gasteiger partial charge is 0.135 e. The number of hydrogen-bond donors (Lipinski definition) is 1. The zero-order valence-electron chi connectivity index (χ0n) is 11.1. The molecule has 1 aliphatic carbocycles. The molecule has 3 nitrogen and oxygen atoms in total. The van der Waals surface area contributed by atoms with E-state index in [-0.39, 0.29) is 11.9 Å². The fraction of sp³-hybridized carbons (Fsp3) is 0.333. The minimum Gasteiger partial charge on any atom is -0.363 e. The van der Waals surface area contributed by atoms with Gasteiger partial charge >= 0.3 is 0 Å². The van der Waals surface area contributed by atoms with E-state index in [2.05, 4.69) is 31.2 Å². The molecule has 1 aromatic carbocycles. The van der Waals surface area contributed by atoms with E-state index in [1.165, 1.54) is 25.0 Å². The van der Waals surface area contributed by atoms with Crippen molar-refractivity contribution in [2.24, 2.45) is 0 Å². The lowest BCUT2D eigenvalue weighted by atomic mass is 10.1. The van der Waals surface area contributed by atoms with Gasteiger partial charge in [0.1, 0.15) is 22.1 Å². The third-order valence-electron chi connectivity index (χ3n) is 3.39. The van der Waals surface area contributed by atoms with Crippen molar-refractivity contribution >= 4 is 21.7 Å². The molecule has 3 rings (SSSR count). The van der Waals surface area contributed by atoms with Crippen molar-refractivity contribution in [3.8, 4) is 0 Å². The topological polar surface area (TPSA) is 37.8 Å². The van der Waals surface area contributed by atoms with Gasteiger partial charge in [0.05, 0.1) is 0 Å². The predicted molar refractivity (Wildman–Crippen MR) is 80.1 cm³/mol. The van der Waals surface area contributed by atoms with Crippen LogP contribution in [-0.2, 0) is 0 Å². The minimum absolute atomic E-state index is 0.0597. The molecule has 20 heavy (non-hydrogen) atoms. The summed E-state index contributed by atoms with van der Waals surface area (Å²) in [6, 6.07) is 8.43. The Morgan fingerprint density at radius 1 is 1.25 bits per heavy atom. The number of aromatic nitrogens is 2. The third kappa shape index (κ3) is 3.15. The molecule has 0 spiro atoms. The first-order chi connectivity index (χ1) is 9.61. The molecule has 0 bridgehead atoms. The van der Waals surface area contributed by atoms with Gasteiger partial charge in [-0.05, 0) is 53.4 Å². The standard InChI is InChI=1S/C15H15BrFN3/c1-9(10-4-6-12(17)7-5-10)18-14-8-13(16)19-15(20-14)11-2-3-11/h4-9,11H,2-3H2,1H3,(H,18,19,20). The molecule has 1 heterocycles. The molecule has 1 atom stereocenters. The van der Waals surface area contributed by atoms with Gasteiger partial charge in [-0.25, -0.2) is 14.4 Å². The van der Waals surface area contributed by atoms with E-state index in [1.807, 2.05) is 13.0 Å². The van der Waals surface area contributed by atoms with E-state index in [1.54, 1.807) is 12.1 Å². The predicted octanol–water partition coefficient (Wildman–Crippen LogP) is 4.43. The van der Waals surface area contributed by atoms with Crippen LogP contribution in [0.5, 0.6) is 0 Å². The van der Waals surface area contributed by atoms with Gasteiger partial charge in [0.15, 0.2) is 0 Å². The fourth-order valence-electron chi connectivity index (χ4n) is 2.09. The normalized spacial score (nSPS) is 15.9. The number of anilines is 1. The lowest BCUT2D eigenvalue weighted by Gasteiger charge is -2.15. The zero-order valence-corrected chi connectivity index (χ0v) is 12.7. The Bertz CT molecular complexity index is 611. The number of nitrogens with one attached hydrogen (secondary N) is 1. The van der Waals surface area contributed by atoms with Crippen molar-refractivity contribution in [2.45, 2.75) is 31.7 Å². The molecule has 1 unspecified atom stereocenters. The van der Waals surface area contributed by atoms with Gasteiger partial charge in [0.2, 0.25) is 0 Å². The molecule has 1 fully saturated rings. The highest BCUT2D eigenvalue weighted by Gasteiger charge is 2.27. The number of halogens is 2. The lowest BCUT2D eigenvalue weighted by Crippen LogP contribution is -2.09. The van der Waals surface area contributed by atoms with Crippen LogP contribution >= 0.6 is 15.9 Å². The number of rotatable bonds is 4. The molecule has 0 radical (unpaired) electrons. The van der Waals surface area contributed by atoms with Crippen LogP contribution < -0.4 is 5.32 Å². The summed E-state index contributed by atoms with van der Waals surface area (Å²) in [5.41, 5.74) is 1.02. The van der Waals surface area contributed by atoms with Gasteiger partial charge in [0, 0.05) is 18.0 Å². The Labute approximate surface area is 125 Å². The highest BCUT2D eigenvalue weighted by molar-refractivity contribution is 9.10. The maximum atomic E-state index is 12.9.